The minimum atomic E-state index is -1.57. The van der Waals surface area contributed by atoms with Crippen LogP contribution in [0.4, 0.5) is 5.82 Å². The zero-order chi connectivity index (χ0) is 16.2. The summed E-state index contributed by atoms with van der Waals surface area (Å²) >= 11 is 0. The van der Waals surface area contributed by atoms with Gasteiger partial charge in [-0.15, -0.1) is 0 Å². The average molecular weight is 311 g/mol. The molecule has 3 heterocycles. The Labute approximate surface area is 127 Å². The molecule has 2 aliphatic heterocycles. The van der Waals surface area contributed by atoms with Gasteiger partial charge in [0.25, 0.3) is 0 Å². The smallest absolute Gasteiger partial charge is 0.176 e. The van der Waals surface area contributed by atoms with Crippen LogP contribution in [0.3, 0.4) is 0 Å². The number of hydrogen-bond donors (Lipinski definition) is 5. The lowest BCUT2D eigenvalue weighted by Gasteiger charge is -2.34. The lowest BCUT2D eigenvalue weighted by Crippen LogP contribution is -2.47. The first-order valence-electron chi connectivity index (χ1n) is 6.98. The van der Waals surface area contributed by atoms with E-state index < -0.39 is 36.9 Å². The van der Waals surface area contributed by atoms with E-state index >= 15 is 0 Å². The molecular weight excluding hydrogens is 290 g/mol. The van der Waals surface area contributed by atoms with Gasteiger partial charge in [0.15, 0.2) is 12.5 Å². The van der Waals surface area contributed by atoms with Gasteiger partial charge in [-0.2, -0.15) is 0 Å². The Balaban J connectivity index is 2.07. The molecule has 0 aliphatic carbocycles. The highest BCUT2D eigenvalue weighted by molar-refractivity contribution is 6.03. The highest BCUT2D eigenvalue weighted by Gasteiger charge is 2.53. The lowest BCUT2D eigenvalue weighted by atomic mass is 9.96. The second-order valence-corrected chi connectivity index (χ2v) is 5.88. The third-order valence-electron chi connectivity index (χ3n) is 4.35. The van der Waals surface area contributed by atoms with Crippen LogP contribution in [0.25, 0.3) is 0 Å². The Hall–Kier alpha value is -1.65. The Morgan fingerprint density at radius 3 is 2.77 bits per heavy atom. The quantitative estimate of drug-likeness (QED) is 0.420. The van der Waals surface area contributed by atoms with Gasteiger partial charge in [-0.1, -0.05) is 0 Å². The largest absolute Gasteiger partial charge is 0.394 e. The number of rotatable bonds is 2. The fourth-order valence-corrected chi connectivity index (χ4v) is 3.01. The number of anilines is 1. The van der Waals surface area contributed by atoms with Crippen molar-refractivity contribution < 1.29 is 20.1 Å². The van der Waals surface area contributed by atoms with E-state index in [1.165, 1.54) is 6.92 Å². The second kappa shape index (κ2) is 4.93. The molecule has 9 heteroatoms. The minimum Gasteiger partial charge on any atom is -0.394 e. The van der Waals surface area contributed by atoms with Crippen LogP contribution in [0.1, 0.15) is 18.7 Å². The fourth-order valence-electron chi connectivity index (χ4n) is 3.01. The Morgan fingerprint density at radius 2 is 2.18 bits per heavy atom. The first-order valence-corrected chi connectivity index (χ1v) is 6.98. The number of aliphatic imine (C=N–C) groups is 1. The van der Waals surface area contributed by atoms with Gasteiger partial charge < -0.3 is 35.3 Å². The highest BCUT2D eigenvalue weighted by Crippen LogP contribution is 2.41. The number of aromatic nitrogens is 1. The maximum atomic E-state index is 10.6. The van der Waals surface area contributed by atoms with Crippen molar-refractivity contribution in [3.8, 4) is 0 Å². The average Bonchev–Trinajstić information content (AvgIpc) is 2.98. The maximum absolute atomic E-state index is 10.6. The molecular formula is C13H21N5O4. The molecule has 0 radical (unpaired) electrons. The van der Waals surface area contributed by atoms with Crippen molar-refractivity contribution in [2.24, 2.45) is 16.5 Å². The number of hydrogen-bond acceptors (Lipinski definition) is 8. The molecule has 0 aromatic carbocycles. The molecule has 122 valence electrons. The standard InChI is InChI=1S/C13H21N5O4/c1-13(21)8(20)7(5-19)22-11(13)18-4-3-6-9(14)16-12(15)17(2)10(6)18/h3-4,7-8,11-12,19-21H,5,15H2,1-2H3,(H2,14,16)/t7-,8-,11-,12?,13-/m1/s1. The Morgan fingerprint density at radius 1 is 1.50 bits per heavy atom. The van der Waals surface area contributed by atoms with Crippen molar-refractivity contribution in [3.05, 3.63) is 17.8 Å². The first kappa shape index (κ1) is 15.3. The molecule has 0 amide bonds. The van der Waals surface area contributed by atoms with Gasteiger partial charge >= 0.3 is 0 Å². The molecule has 7 N–H and O–H groups in total. The van der Waals surface area contributed by atoms with Gasteiger partial charge in [-0.05, 0) is 13.0 Å². The lowest BCUT2D eigenvalue weighted by molar-refractivity contribution is -0.0958. The first-order chi connectivity index (χ1) is 10.3. The van der Waals surface area contributed by atoms with Crippen molar-refractivity contribution in [2.45, 2.75) is 37.3 Å². The summed E-state index contributed by atoms with van der Waals surface area (Å²) in [5.74, 6) is 0.937. The van der Waals surface area contributed by atoms with E-state index in [1.54, 1.807) is 28.8 Å². The van der Waals surface area contributed by atoms with Crippen molar-refractivity contribution in [1.29, 1.82) is 0 Å². The summed E-state index contributed by atoms with van der Waals surface area (Å²) < 4.78 is 7.28. The number of fused-ring (bicyclic) bond motifs is 1. The molecule has 0 spiro atoms. The van der Waals surface area contributed by atoms with Gasteiger partial charge in [0.2, 0.25) is 0 Å². The molecule has 22 heavy (non-hydrogen) atoms. The van der Waals surface area contributed by atoms with Crippen LogP contribution in [0.5, 0.6) is 0 Å². The van der Waals surface area contributed by atoms with E-state index in [2.05, 4.69) is 4.99 Å². The summed E-state index contributed by atoms with van der Waals surface area (Å²) in [6, 6.07) is 1.74. The molecule has 0 bridgehead atoms. The van der Waals surface area contributed by atoms with E-state index in [1.807, 2.05) is 0 Å². The van der Waals surface area contributed by atoms with E-state index in [4.69, 9.17) is 16.2 Å². The molecule has 0 saturated carbocycles. The van der Waals surface area contributed by atoms with Gasteiger partial charge in [0.1, 0.15) is 29.5 Å². The van der Waals surface area contributed by atoms with Crippen molar-refractivity contribution in [1.82, 2.24) is 4.57 Å². The van der Waals surface area contributed by atoms with E-state index in [0.717, 1.165) is 0 Å². The molecule has 1 fully saturated rings. The van der Waals surface area contributed by atoms with E-state index in [-0.39, 0.29) is 0 Å². The van der Waals surface area contributed by atoms with Gasteiger partial charge in [0, 0.05) is 13.2 Å². The van der Waals surface area contributed by atoms with Crippen LogP contribution < -0.4 is 16.4 Å². The third kappa shape index (κ3) is 1.94. The summed E-state index contributed by atoms with van der Waals surface area (Å²) in [4.78, 5) is 5.82. The van der Waals surface area contributed by atoms with E-state index in [9.17, 15) is 15.3 Å². The third-order valence-corrected chi connectivity index (χ3v) is 4.35. The van der Waals surface area contributed by atoms with E-state index in [0.29, 0.717) is 17.2 Å². The molecule has 1 saturated heterocycles. The predicted octanol–water partition coefficient (Wildman–Crippen LogP) is -2.11. The monoisotopic (exact) mass is 311 g/mol. The second-order valence-electron chi connectivity index (χ2n) is 5.88. The molecule has 5 atom stereocenters. The zero-order valence-corrected chi connectivity index (χ0v) is 12.4. The van der Waals surface area contributed by atoms with Gasteiger partial charge in [-0.25, -0.2) is 4.99 Å². The number of nitrogens with two attached hydrogens (primary N) is 2. The number of ether oxygens (including phenoxy) is 1. The van der Waals surface area contributed by atoms with Crippen LogP contribution in [0.15, 0.2) is 17.3 Å². The van der Waals surface area contributed by atoms with Gasteiger partial charge in [0.05, 0.1) is 12.2 Å². The van der Waals surface area contributed by atoms with Crippen LogP contribution in [0.2, 0.25) is 0 Å². The number of aliphatic hydroxyl groups is 3. The zero-order valence-electron chi connectivity index (χ0n) is 12.4. The predicted molar refractivity (Wildman–Crippen MR) is 79.2 cm³/mol. The summed E-state index contributed by atoms with van der Waals surface area (Å²) in [6.45, 7) is 1.07. The number of amidine groups is 1. The van der Waals surface area contributed by atoms with Crippen LogP contribution in [0, 0.1) is 0 Å². The maximum Gasteiger partial charge on any atom is 0.176 e. The van der Waals surface area contributed by atoms with Crippen molar-refractivity contribution >= 4 is 11.7 Å². The molecule has 1 aromatic heterocycles. The molecule has 1 unspecified atom stereocenters. The summed E-state index contributed by atoms with van der Waals surface area (Å²) in [5, 5.41) is 30.0. The number of aliphatic hydroxyl groups excluding tert-OH is 2. The summed E-state index contributed by atoms with van der Waals surface area (Å²) in [7, 11) is 1.75. The van der Waals surface area contributed by atoms with Crippen LogP contribution in [-0.2, 0) is 4.74 Å². The van der Waals surface area contributed by atoms with Crippen LogP contribution >= 0.6 is 0 Å². The molecule has 1 aromatic rings. The molecule has 3 rings (SSSR count). The Bertz CT molecular complexity index is 614. The van der Waals surface area contributed by atoms with Crippen molar-refractivity contribution in [2.75, 3.05) is 18.6 Å². The molecule has 2 aliphatic rings. The SMILES string of the molecule is CN1c2c(ccn2[C@@H]2O[C@H](CO)[C@@H](O)[C@@]2(C)O)C(N)=NC1N. The molecule has 9 nitrogen and oxygen atoms in total. The highest BCUT2D eigenvalue weighted by atomic mass is 16.6. The summed E-state index contributed by atoms with van der Waals surface area (Å²) in [5.41, 5.74) is 10.9. The Kier molecular flexibility index (Phi) is 3.42. The number of nitrogens with zero attached hydrogens (tertiary/aromatic N) is 3. The fraction of sp³-hybridized carbons (Fsp3) is 0.615. The van der Waals surface area contributed by atoms with Crippen LogP contribution in [-0.4, -0.2) is 63.5 Å². The van der Waals surface area contributed by atoms with Crippen molar-refractivity contribution in [3.63, 3.8) is 0 Å². The normalized spacial score (nSPS) is 38.1. The minimum absolute atomic E-state index is 0.302. The topological polar surface area (TPSA) is 142 Å². The van der Waals surface area contributed by atoms with Gasteiger partial charge in [-0.3, -0.25) is 5.73 Å². The summed E-state index contributed by atoms with van der Waals surface area (Å²) in [6.07, 6.45) is -1.93.